The van der Waals surface area contributed by atoms with Gasteiger partial charge in [-0.25, -0.2) is 9.18 Å². The van der Waals surface area contributed by atoms with Gasteiger partial charge in [-0.05, 0) is 61.6 Å². The predicted octanol–water partition coefficient (Wildman–Crippen LogP) is 4.74. The molecule has 1 aliphatic heterocycles. The molecule has 5 nitrogen and oxygen atoms in total. The second-order valence-electron chi connectivity index (χ2n) is 8.65. The number of carbonyl (C=O) groups is 1. The minimum atomic E-state index is -1.33. The second kappa shape index (κ2) is 7.69. The van der Waals surface area contributed by atoms with E-state index >= 15 is 0 Å². The van der Waals surface area contributed by atoms with Crippen LogP contribution >= 0.6 is 0 Å². The van der Waals surface area contributed by atoms with Crippen molar-refractivity contribution in [2.75, 3.05) is 6.54 Å². The van der Waals surface area contributed by atoms with Gasteiger partial charge < -0.3 is 5.11 Å². The van der Waals surface area contributed by atoms with E-state index in [0.29, 0.717) is 6.54 Å². The first-order valence-electron chi connectivity index (χ1n) is 10.1. The Bertz CT molecular complexity index is 1100. The fraction of sp³-hybridized carbons (Fsp3) is 0.333. The van der Waals surface area contributed by atoms with Crippen LogP contribution in [-0.2, 0) is 11.2 Å². The minimum absolute atomic E-state index is 0.0874. The van der Waals surface area contributed by atoms with Crippen molar-refractivity contribution < 1.29 is 14.3 Å². The number of hydrogen-bond donors (Lipinski definition) is 2. The molecule has 0 radical (unpaired) electrons. The molecular weight excluding hydrogens is 381 g/mol. The molecule has 1 aliphatic rings. The van der Waals surface area contributed by atoms with Gasteiger partial charge in [0.15, 0.2) is 0 Å². The Labute approximate surface area is 175 Å². The van der Waals surface area contributed by atoms with Gasteiger partial charge in [0.05, 0.1) is 17.8 Å². The lowest BCUT2D eigenvalue weighted by atomic mass is 9.83. The minimum Gasteiger partial charge on any atom is -0.478 e. The van der Waals surface area contributed by atoms with Crippen molar-refractivity contribution in [1.82, 2.24) is 15.1 Å². The molecule has 0 unspecified atom stereocenters. The number of aliphatic carboxylic acids is 1. The smallest absolute Gasteiger partial charge is 0.328 e. The third-order valence-corrected chi connectivity index (χ3v) is 5.69. The molecular formula is C24H26FN3O2. The van der Waals surface area contributed by atoms with E-state index < -0.39 is 11.6 Å². The van der Waals surface area contributed by atoms with Gasteiger partial charge >= 0.3 is 5.97 Å². The molecule has 30 heavy (non-hydrogen) atoms. The van der Waals surface area contributed by atoms with Crippen LogP contribution in [-0.4, -0.2) is 44.4 Å². The number of aromatic amines is 1. The number of benzene rings is 2. The first-order chi connectivity index (χ1) is 14.2. The number of fused-ring (bicyclic) bond motifs is 3. The van der Waals surface area contributed by atoms with Crippen LogP contribution < -0.4 is 0 Å². The van der Waals surface area contributed by atoms with Gasteiger partial charge in [0.1, 0.15) is 5.67 Å². The summed E-state index contributed by atoms with van der Waals surface area (Å²) in [6.07, 6.45) is 5.40. The van der Waals surface area contributed by atoms with E-state index in [1.165, 1.54) is 11.1 Å². The quantitative estimate of drug-likeness (QED) is 0.599. The van der Waals surface area contributed by atoms with Gasteiger partial charge in [-0.2, -0.15) is 5.10 Å². The predicted molar refractivity (Wildman–Crippen MR) is 116 cm³/mol. The summed E-state index contributed by atoms with van der Waals surface area (Å²) >= 11 is 0. The lowest BCUT2D eigenvalue weighted by molar-refractivity contribution is -0.131. The zero-order valence-corrected chi connectivity index (χ0v) is 17.4. The van der Waals surface area contributed by atoms with E-state index in [-0.39, 0.29) is 12.1 Å². The van der Waals surface area contributed by atoms with Crippen molar-refractivity contribution in [3.63, 3.8) is 0 Å². The molecule has 1 aromatic heterocycles. The summed E-state index contributed by atoms with van der Waals surface area (Å²) in [5, 5.41) is 17.2. The Hall–Kier alpha value is -2.99. The molecule has 0 fully saturated rings. The molecule has 2 aromatic carbocycles. The highest BCUT2D eigenvalue weighted by atomic mass is 19.1. The maximum Gasteiger partial charge on any atom is 0.328 e. The number of rotatable bonds is 5. The van der Waals surface area contributed by atoms with Crippen LogP contribution in [0.4, 0.5) is 4.39 Å². The van der Waals surface area contributed by atoms with Crippen LogP contribution in [0.5, 0.6) is 0 Å². The number of carboxylic acid groups (broad SMARTS) is 1. The number of carboxylic acids is 1. The number of halogens is 1. The third kappa shape index (κ3) is 4.00. The summed E-state index contributed by atoms with van der Waals surface area (Å²) in [6, 6.07) is 12.0. The highest BCUT2D eigenvalue weighted by Crippen LogP contribution is 2.41. The number of aromatic nitrogens is 2. The highest BCUT2D eigenvalue weighted by molar-refractivity contribution is 5.85. The summed E-state index contributed by atoms with van der Waals surface area (Å²) < 4.78 is 14.7. The van der Waals surface area contributed by atoms with Crippen molar-refractivity contribution in [2.24, 2.45) is 0 Å². The molecule has 0 aliphatic carbocycles. The van der Waals surface area contributed by atoms with Crippen LogP contribution in [0.25, 0.3) is 17.0 Å². The number of alkyl halides is 1. The fourth-order valence-electron chi connectivity index (χ4n) is 4.43. The molecule has 2 N–H and O–H groups in total. The molecule has 2 atom stereocenters. The maximum atomic E-state index is 14.7. The van der Waals surface area contributed by atoms with Gasteiger partial charge in [0.25, 0.3) is 0 Å². The summed E-state index contributed by atoms with van der Waals surface area (Å²) in [7, 11) is 0. The van der Waals surface area contributed by atoms with Crippen molar-refractivity contribution in [3.05, 3.63) is 70.9 Å². The third-order valence-electron chi connectivity index (χ3n) is 5.69. The fourth-order valence-corrected chi connectivity index (χ4v) is 4.43. The molecule has 0 saturated heterocycles. The molecule has 3 aromatic rings. The Morgan fingerprint density at radius 1 is 1.30 bits per heavy atom. The van der Waals surface area contributed by atoms with Gasteiger partial charge in [-0.3, -0.25) is 10.00 Å². The summed E-state index contributed by atoms with van der Waals surface area (Å²) in [5.74, 6) is -0.977. The first kappa shape index (κ1) is 20.3. The largest absolute Gasteiger partial charge is 0.478 e. The molecule has 4 rings (SSSR count). The molecule has 0 saturated carbocycles. The zero-order valence-electron chi connectivity index (χ0n) is 17.4. The normalized spacial score (nSPS) is 20.0. The van der Waals surface area contributed by atoms with E-state index in [4.69, 9.17) is 5.11 Å². The zero-order chi connectivity index (χ0) is 21.5. The first-order valence-corrected chi connectivity index (χ1v) is 10.1. The SMILES string of the molecule is C[C@@H]1Cc2c(ccc3[nH]ncc23)[C@@H](c2ccc(/C=C/C(=O)O)cc2)N1CC(C)(C)F. The maximum absolute atomic E-state index is 14.7. The number of nitrogens with zero attached hydrogens (tertiary/aromatic N) is 2. The molecule has 2 heterocycles. The van der Waals surface area contributed by atoms with E-state index in [0.717, 1.165) is 34.5 Å². The van der Waals surface area contributed by atoms with Crippen molar-refractivity contribution in [2.45, 2.75) is 44.9 Å². The van der Waals surface area contributed by atoms with Crippen LogP contribution in [0, 0.1) is 0 Å². The second-order valence-corrected chi connectivity index (χ2v) is 8.65. The van der Waals surface area contributed by atoms with Crippen LogP contribution in [0.15, 0.2) is 48.7 Å². The van der Waals surface area contributed by atoms with E-state index in [1.807, 2.05) is 36.5 Å². The van der Waals surface area contributed by atoms with E-state index in [1.54, 1.807) is 19.9 Å². The Balaban J connectivity index is 1.81. The standard InChI is InChI=1S/C24H26FN3O2/c1-15-12-19-18(9-10-21-20(19)13-26-27-21)23(28(15)14-24(2,3)25)17-7-4-16(5-8-17)6-11-22(29)30/h4-11,13,15,23H,12,14H2,1-3H3,(H,26,27)(H,29,30)/b11-6+/t15-,23-/m1/s1. The number of nitrogens with one attached hydrogen (secondary N) is 1. The monoisotopic (exact) mass is 407 g/mol. The van der Waals surface area contributed by atoms with Crippen LogP contribution in [0.3, 0.4) is 0 Å². The molecule has 0 amide bonds. The summed E-state index contributed by atoms with van der Waals surface area (Å²) in [5.41, 5.74) is 3.97. The van der Waals surface area contributed by atoms with Crippen molar-refractivity contribution in [3.8, 4) is 0 Å². The average molecular weight is 407 g/mol. The summed E-state index contributed by atoms with van der Waals surface area (Å²) in [6.45, 7) is 5.70. The van der Waals surface area contributed by atoms with E-state index in [9.17, 15) is 9.18 Å². The van der Waals surface area contributed by atoms with Crippen molar-refractivity contribution >= 4 is 22.9 Å². The van der Waals surface area contributed by atoms with Gasteiger partial charge in [-0.1, -0.05) is 30.3 Å². The number of hydrogen-bond acceptors (Lipinski definition) is 3. The van der Waals surface area contributed by atoms with Crippen LogP contribution in [0.1, 0.15) is 49.1 Å². The van der Waals surface area contributed by atoms with Gasteiger partial charge in [0.2, 0.25) is 0 Å². The van der Waals surface area contributed by atoms with Gasteiger partial charge in [0, 0.05) is 24.0 Å². The lowest BCUT2D eigenvalue weighted by Gasteiger charge is -2.44. The highest BCUT2D eigenvalue weighted by Gasteiger charge is 2.37. The molecule has 0 spiro atoms. The Morgan fingerprint density at radius 3 is 2.70 bits per heavy atom. The molecule has 0 bridgehead atoms. The molecule has 156 valence electrons. The number of H-pyrrole nitrogens is 1. The topological polar surface area (TPSA) is 69.2 Å². The lowest BCUT2D eigenvalue weighted by Crippen LogP contribution is -2.47. The Kier molecular flexibility index (Phi) is 5.20. The van der Waals surface area contributed by atoms with Crippen molar-refractivity contribution in [1.29, 1.82) is 0 Å². The van der Waals surface area contributed by atoms with E-state index in [2.05, 4.69) is 28.1 Å². The summed E-state index contributed by atoms with van der Waals surface area (Å²) in [4.78, 5) is 13.0. The Morgan fingerprint density at radius 2 is 2.03 bits per heavy atom. The molecule has 6 heteroatoms. The average Bonchev–Trinajstić information content (AvgIpc) is 3.16. The van der Waals surface area contributed by atoms with Crippen LogP contribution in [0.2, 0.25) is 0 Å². The van der Waals surface area contributed by atoms with Gasteiger partial charge in [-0.15, -0.1) is 0 Å².